The number of rotatable bonds is 4. The molecule has 3 rings (SSSR count). The average Bonchev–Trinajstić information content (AvgIpc) is 2.44. The van der Waals surface area contributed by atoms with Gasteiger partial charge in [0.05, 0.1) is 14.2 Å². The van der Waals surface area contributed by atoms with Crippen molar-refractivity contribution >= 4 is 11.9 Å². The zero-order valence-electron chi connectivity index (χ0n) is 11.6. The van der Waals surface area contributed by atoms with E-state index in [0.29, 0.717) is 6.42 Å². The minimum atomic E-state index is -0.900. The number of hydrogen-bond acceptors (Lipinski definition) is 4. The Kier molecular flexibility index (Phi) is 4.56. The highest BCUT2D eigenvalue weighted by Gasteiger charge is 2.31. The third-order valence-electron chi connectivity index (χ3n) is 3.55. The van der Waals surface area contributed by atoms with Crippen LogP contribution < -0.4 is 0 Å². The lowest BCUT2D eigenvalue weighted by atomic mass is 9.82. The van der Waals surface area contributed by atoms with Crippen molar-refractivity contribution in [2.45, 2.75) is 6.42 Å². The first kappa shape index (κ1) is 14.3. The van der Waals surface area contributed by atoms with Crippen LogP contribution in [-0.4, -0.2) is 26.2 Å². The fraction of sp³-hybridized carbons (Fsp3) is 0.375. The second-order valence-electron chi connectivity index (χ2n) is 4.80. The molecular weight excluding hydrogens is 256 g/mol. The molecule has 0 saturated carbocycles. The molecule has 106 valence electrons. The van der Waals surface area contributed by atoms with E-state index in [9.17, 15) is 9.59 Å². The van der Waals surface area contributed by atoms with E-state index in [1.54, 1.807) is 0 Å². The van der Waals surface area contributed by atoms with E-state index in [1.807, 2.05) is 18.2 Å². The molecule has 2 bridgehead atoms. The van der Waals surface area contributed by atoms with Gasteiger partial charge in [-0.25, -0.2) is 0 Å². The van der Waals surface area contributed by atoms with Gasteiger partial charge < -0.3 is 9.47 Å². The highest BCUT2D eigenvalue weighted by molar-refractivity contribution is 5.95. The summed E-state index contributed by atoms with van der Waals surface area (Å²) in [6.45, 7) is 0. The lowest BCUT2D eigenvalue weighted by Gasteiger charge is -2.24. The molecule has 4 heteroatoms. The van der Waals surface area contributed by atoms with Crippen LogP contribution in [0, 0.1) is 17.8 Å². The molecule has 4 nitrogen and oxygen atoms in total. The van der Waals surface area contributed by atoms with E-state index in [0.717, 1.165) is 5.57 Å². The predicted molar refractivity (Wildman–Crippen MR) is 74.6 cm³/mol. The normalized spacial score (nSPS) is 24.9. The topological polar surface area (TPSA) is 52.6 Å². The molecule has 0 saturated heterocycles. The van der Waals surface area contributed by atoms with Crippen LogP contribution >= 0.6 is 0 Å². The third kappa shape index (κ3) is 3.07. The second-order valence-corrected chi connectivity index (χ2v) is 4.80. The molecule has 3 aliphatic carbocycles. The molecule has 0 aromatic carbocycles. The van der Waals surface area contributed by atoms with Crippen LogP contribution in [-0.2, 0) is 19.1 Å². The molecule has 0 radical (unpaired) electrons. The number of methoxy groups -OCH3 is 2. The monoisotopic (exact) mass is 274 g/mol. The largest absolute Gasteiger partial charge is 0.468 e. The third-order valence-corrected chi connectivity index (χ3v) is 3.55. The van der Waals surface area contributed by atoms with Gasteiger partial charge in [0.25, 0.3) is 0 Å². The first-order valence-electron chi connectivity index (χ1n) is 6.55. The highest BCUT2D eigenvalue weighted by Crippen LogP contribution is 2.31. The Morgan fingerprint density at radius 2 is 1.70 bits per heavy atom. The average molecular weight is 274 g/mol. The summed E-state index contributed by atoms with van der Waals surface area (Å²) in [5, 5.41) is 0. The lowest BCUT2D eigenvalue weighted by Crippen LogP contribution is -2.28. The molecule has 0 unspecified atom stereocenters. The van der Waals surface area contributed by atoms with E-state index in [1.165, 1.54) is 14.2 Å². The Morgan fingerprint density at radius 3 is 2.35 bits per heavy atom. The molecule has 20 heavy (non-hydrogen) atoms. The van der Waals surface area contributed by atoms with Crippen molar-refractivity contribution in [3.05, 3.63) is 48.1 Å². The highest BCUT2D eigenvalue weighted by atomic mass is 16.5. The van der Waals surface area contributed by atoms with Crippen LogP contribution in [0.1, 0.15) is 6.42 Å². The predicted octanol–water partition coefficient (Wildman–Crippen LogP) is 2.19. The van der Waals surface area contributed by atoms with E-state index in [4.69, 9.17) is 9.47 Å². The molecule has 0 aromatic rings. The van der Waals surface area contributed by atoms with E-state index >= 15 is 0 Å². The Balaban J connectivity index is 2.21. The van der Waals surface area contributed by atoms with Gasteiger partial charge in [0.2, 0.25) is 0 Å². The summed E-state index contributed by atoms with van der Waals surface area (Å²) < 4.78 is 9.39. The van der Waals surface area contributed by atoms with Gasteiger partial charge in [0, 0.05) is 11.8 Å². The van der Waals surface area contributed by atoms with E-state index < -0.39 is 17.9 Å². The standard InChI is InChI=1S/C16H18O4/c1-19-15(17)14(16(18)20-2)10-13-9-11-5-3-4-6-12(13)8-7-11/h3-9,11-12,14H,10H2,1-2H3/b5-3?,6-4-/t11-,12+/m0/s1. The summed E-state index contributed by atoms with van der Waals surface area (Å²) in [4.78, 5) is 23.5. The number of allylic oxidation sites excluding steroid dienone is 8. The van der Waals surface area contributed by atoms with Crippen LogP contribution in [0.4, 0.5) is 0 Å². The van der Waals surface area contributed by atoms with Gasteiger partial charge in [-0.15, -0.1) is 0 Å². The van der Waals surface area contributed by atoms with Gasteiger partial charge in [-0.05, 0) is 6.42 Å². The van der Waals surface area contributed by atoms with Crippen molar-refractivity contribution in [2.24, 2.45) is 17.8 Å². The molecule has 0 aliphatic heterocycles. The quantitative estimate of drug-likeness (QED) is 0.448. The number of ether oxygens (including phenoxy) is 2. The molecule has 0 heterocycles. The molecule has 0 spiro atoms. The molecule has 0 amide bonds. The number of esters is 2. The molecule has 2 atom stereocenters. The van der Waals surface area contributed by atoms with E-state index in [-0.39, 0.29) is 11.8 Å². The lowest BCUT2D eigenvalue weighted by molar-refractivity contribution is -0.158. The fourth-order valence-electron chi connectivity index (χ4n) is 2.46. The van der Waals surface area contributed by atoms with Crippen LogP contribution in [0.5, 0.6) is 0 Å². The van der Waals surface area contributed by atoms with Crippen molar-refractivity contribution in [1.29, 1.82) is 0 Å². The first-order valence-corrected chi connectivity index (χ1v) is 6.55. The Hall–Kier alpha value is -2.10. The number of hydrogen-bond donors (Lipinski definition) is 0. The van der Waals surface area contributed by atoms with Crippen LogP contribution in [0.25, 0.3) is 0 Å². The molecule has 0 fully saturated rings. The maximum atomic E-state index is 11.7. The maximum Gasteiger partial charge on any atom is 0.320 e. The van der Waals surface area contributed by atoms with Gasteiger partial charge in [-0.2, -0.15) is 0 Å². The van der Waals surface area contributed by atoms with Crippen molar-refractivity contribution in [3.8, 4) is 0 Å². The van der Waals surface area contributed by atoms with Crippen molar-refractivity contribution in [1.82, 2.24) is 0 Å². The summed E-state index contributed by atoms with van der Waals surface area (Å²) in [5.74, 6) is -1.68. The first-order chi connectivity index (χ1) is 9.65. The van der Waals surface area contributed by atoms with Gasteiger partial charge in [0.15, 0.2) is 5.92 Å². The smallest absolute Gasteiger partial charge is 0.320 e. The van der Waals surface area contributed by atoms with Crippen LogP contribution in [0.2, 0.25) is 0 Å². The summed E-state index contributed by atoms with van der Waals surface area (Å²) in [7, 11) is 2.55. The zero-order chi connectivity index (χ0) is 14.5. The van der Waals surface area contributed by atoms with Crippen LogP contribution in [0.3, 0.4) is 0 Å². The number of fused-ring (bicyclic) bond motifs is 1. The molecule has 0 N–H and O–H groups in total. The second kappa shape index (κ2) is 6.37. The maximum absolute atomic E-state index is 11.7. The number of carbonyl (C=O) groups is 2. The summed E-state index contributed by atoms with van der Waals surface area (Å²) in [6.07, 6.45) is 14.7. The molecule has 0 aromatic heterocycles. The van der Waals surface area contributed by atoms with Gasteiger partial charge >= 0.3 is 11.9 Å². The Labute approximate surface area is 118 Å². The van der Waals surface area contributed by atoms with Crippen molar-refractivity contribution < 1.29 is 19.1 Å². The Morgan fingerprint density at radius 1 is 1.05 bits per heavy atom. The van der Waals surface area contributed by atoms with Crippen LogP contribution in [0.15, 0.2) is 48.1 Å². The van der Waals surface area contributed by atoms with Gasteiger partial charge in [-0.3, -0.25) is 9.59 Å². The summed E-state index contributed by atoms with van der Waals surface area (Å²) in [5.41, 5.74) is 1.04. The summed E-state index contributed by atoms with van der Waals surface area (Å²) >= 11 is 0. The SMILES string of the molecule is COC(=O)C(CC1=C[C@H]2C=C/C=C\[C@@H]1C=C2)C(=O)OC. The van der Waals surface area contributed by atoms with Gasteiger partial charge in [0.1, 0.15) is 0 Å². The minimum absolute atomic E-state index is 0.119. The Bertz CT molecular complexity index is 495. The zero-order valence-corrected chi connectivity index (χ0v) is 11.6. The molecule has 3 aliphatic rings. The minimum Gasteiger partial charge on any atom is -0.468 e. The molecular formula is C16H18O4. The van der Waals surface area contributed by atoms with Gasteiger partial charge in [-0.1, -0.05) is 48.1 Å². The number of carbonyl (C=O) groups excluding carboxylic acids is 2. The fourth-order valence-corrected chi connectivity index (χ4v) is 2.46. The van der Waals surface area contributed by atoms with Crippen molar-refractivity contribution in [3.63, 3.8) is 0 Å². The summed E-state index contributed by atoms with van der Waals surface area (Å²) in [6, 6.07) is 0. The van der Waals surface area contributed by atoms with E-state index in [2.05, 4.69) is 24.3 Å². The van der Waals surface area contributed by atoms with Crippen molar-refractivity contribution in [2.75, 3.05) is 14.2 Å².